The molecule has 0 atom stereocenters. The topological polar surface area (TPSA) is 44.1 Å². The van der Waals surface area contributed by atoms with E-state index in [9.17, 15) is 4.79 Å². The maximum absolute atomic E-state index is 11.7. The van der Waals surface area contributed by atoms with Crippen LogP contribution in [0.4, 0.5) is 0 Å². The Labute approximate surface area is 118 Å². The van der Waals surface area contributed by atoms with Crippen LogP contribution in [0.1, 0.15) is 54.7 Å². The van der Waals surface area contributed by atoms with Crippen molar-refractivity contribution in [3.63, 3.8) is 0 Å². The van der Waals surface area contributed by atoms with E-state index in [-0.39, 0.29) is 5.97 Å². The number of fused-ring (bicyclic) bond motifs is 1. The van der Waals surface area contributed by atoms with Crippen molar-refractivity contribution in [2.24, 2.45) is 0 Å². The molecule has 1 heterocycles. The van der Waals surface area contributed by atoms with Crippen LogP contribution in [-0.2, 0) is 11.2 Å². The zero-order chi connectivity index (χ0) is 14.1. The second kappa shape index (κ2) is 5.27. The first-order valence-corrected chi connectivity index (χ1v) is 7.34. The van der Waals surface area contributed by atoms with Gasteiger partial charge in [0, 0.05) is 5.39 Å². The average Bonchev–Trinajstić information content (AvgIpc) is 3.12. The van der Waals surface area contributed by atoms with Gasteiger partial charge in [-0.2, -0.15) is 5.10 Å². The molecular formula is C16H20N2O2. The summed E-state index contributed by atoms with van der Waals surface area (Å²) >= 11 is 0. The van der Waals surface area contributed by atoms with E-state index in [0.29, 0.717) is 11.6 Å². The standard InChI is InChI=1S/C16H20N2O2/c1-3-14-13-9-8-11(16(19)20-2)10-15(13)18(17-14)12-6-4-5-7-12/h8-10,12H,3-7H2,1-2H3. The summed E-state index contributed by atoms with van der Waals surface area (Å²) in [6, 6.07) is 6.23. The highest BCUT2D eigenvalue weighted by Gasteiger charge is 2.22. The minimum atomic E-state index is -0.288. The van der Waals surface area contributed by atoms with Gasteiger partial charge in [0.15, 0.2) is 0 Å². The first kappa shape index (κ1) is 13.2. The summed E-state index contributed by atoms with van der Waals surface area (Å²) in [5.41, 5.74) is 2.78. The summed E-state index contributed by atoms with van der Waals surface area (Å²) in [5.74, 6) is -0.288. The van der Waals surface area contributed by atoms with Crippen LogP contribution in [-0.4, -0.2) is 22.9 Å². The number of methoxy groups -OCH3 is 1. The van der Waals surface area contributed by atoms with Crippen molar-refractivity contribution < 1.29 is 9.53 Å². The highest BCUT2D eigenvalue weighted by atomic mass is 16.5. The fourth-order valence-corrected chi connectivity index (χ4v) is 3.14. The van der Waals surface area contributed by atoms with Crippen LogP contribution in [0.5, 0.6) is 0 Å². The number of aryl methyl sites for hydroxylation is 1. The molecule has 1 fully saturated rings. The Morgan fingerprint density at radius 2 is 2.15 bits per heavy atom. The molecule has 1 aromatic heterocycles. The van der Waals surface area contributed by atoms with Crippen LogP contribution in [0.2, 0.25) is 0 Å². The first-order valence-electron chi connectivity index (χ1n) is 7.34. The zero-order valence-electron chi connectivity index (χ0n) is 12.1. The molecule has 4 heteroatoms. The number of hydrogen-bond donors (Lipinski definition) is 0. The van der Waals surface area contributed by atoms with Crippen LogP contribution in [0.15, 0.2) is 18.2 Å². The molecule has 4 nitrogen and oxygen atoms in total. The molecule has 0 N–H and O–H groups in total. The molecule has 0 amide bonds. The summed E-state index contributed by atoms with van der Waals surface area (Å²) in [6.45, 7) is 2.12. The van der Waals surface area contributed by atoms with E-state index >= 15 is 0 Å². The fourth-order valence-electron chi connectivity index (χ4n) is 3.14. The number of benzene rings is 1. The monoisotopic (exact) mass is 272 g/mol. The fraction of sp³-hybridized carbons (Fsp3) is 0.500. The molecule has 3 rings (SSSR count). The number of carbonyl (C=O) groups is 1. The molecule has 1 saturated carbocycles. The zero-order valence-corrected chi connectivity index (χ0v) is 12.1. The van der Waals surface area contributed by atoms with Crippen LogP contribution in [0.25, 0.3) is 10.9 Å². The summed E-state index contributed by atoms with van der Waals surface area (Å²) < 4.78 is 6.95. The van der Waals surface area contributed by atoms with Gasteiger partial charge in [0.05, 0.1) is 29.9 Å². The Kier molecular flexibility index (Phi) is 3.47. The van der Waals surface area contributed by atoms with Gasteiger partial charge in [0.25, 0.3) is 0 Å². The van der Waals surface area contributed by atoms with Gasteiger partial charge >= 0.3 is 5.97 Å². The summed E-state index contributed by atoms with van der Waals surface area (Å²) in [5, 5.41) is 5.94. The Morgan fingerprint density at radius 1 is 1.40 bits per heavy atom. The molecule has 20 heavy (non-hydrogen) atoms. The highest BCUT2D eigenvalue weighted by Crippen LogP contribution is 2.33. The Morgan fingerprint density at radius 3 is 2.80 bits per heavy atom. The molecule has 0 saturated heterocycles. The third-order valence-electron chi connectivity index (χ3n) is 4.21. The number of rotatable bonds is 3. The molecule has 106 valence electrons. The van der Waals surface area contributed by atoms with Crippen molar-refractivity contribution in [1.82, 2.24) is 9.78 Å². The van der Waals surface area contributed by atoms with Gasteiger partial charge in [0.1, 0.15) is 0 Å². The van der Waals surface area contributed by atoms with Gasteiger partial charge in [-0.3, -0.25) is 4.68 Å². The Bertz CT molecular complexity index is 639. The molecule has 1 aromatic carbocycles. The molecule has 0 radical (unpaired) electrons. The molecular weight excluding hydrogens is 252 g/mol. The number of carbonyl (C=O) groups excluding carboxylic acids is 1. The van der Waals surface area contributed by atoms with E-state index in [4.69, 9.17) is 9.84 Å². The van der Waals surface area contributed by atoms with Crippen LogP contribution >= 0.6 is 0 Å². The van der Waals surface area contributed by atoms with Crippen LogP contribution in [0.3, 0.4) is 0 Å². The van der Waals surface area contributed by atoms with Crippen molar-refractivity contribution in [3.8, 4) is 0 Å². The number of nitrogens with zero attached hydrogens (tertiary/aromatic N) is 2. The normalized spacial score (nSPS) is 15.9. The van der Waals surface area contributed by atoms with Gasteiger partial charge in [0.2, 0.25) is 0 Å². The predicted molar refractivity (Wildman–Crippen MR) is 78.0 cm³/mol. The van der Waals surface area contributed by atoms with E-state index < -0.39 is 0 Å². The average molecular weight is 272 g/mol. The summed E-state index contributed by atoms with van der Waals surface area (Å²) in [6.07, 6.45) is 5.81. The third-order valence-corrected chi connectivity index (χ3v) is 4.21. The third kappa shape index (κ3) is 2.09. The van der Waals surface area contributed by atoms with Gasteiger partial charge in [-0.1, -0.05) is 25.8 Å². The Balaban J connectivity index is 2.14. The molecule has 1 aliphatic rings. The maximum Gasteiger partial charge on any atom is 0.337 e. The van der Waals surface area contributed by atoms with E-state index in [1.807, 2.05) is 18.2 Å². The van der Waals surface area contributed by atoms with Crippen molar-refractivity contribution in [3.05, 3.63) is 29.5 Å². The summed E-state index contributed by atoms with van der Waals surface area (Å²) in [7, 11) is 1.41. The van der Waals surface area contributed by atoms with Crippen LogP contribution < -0.4 is 0 Å². The smallest absolute Gasteiger partial charge is 0.337 e. The van der Waals surface area contributed by atoms with Gasteiger partial charge < -0.3 is 4.74 Å². The van der Waals surface area contributed by atoms with Crippen LogP contribution in [0, 0.1) is 0 Å². The SMILES string of the molecule is CCc1nn(C2CCCC2)c2cc(C(=O)OC)ccc12. The molecule has 1 aliphatic carbocycles. The minimum Gasteiger partial charge on any atom is -0.465 e. The molecule has 0 bridgehead atoms. The van der Waals surface area contributed by atoms with Gasteiger partial charge in [-0.05, 0) is 31.4 Å². The number of aromatic nitrogens is 2. The Hall–Kier alpha value is -1.84. The molecule has 2 aromatic rings. The number of esters is 1. The lowest BCUT2D eigenvalue weighted by atomic mass is 10.1. The second-order valence-corrected chi connectivity index (χ2v) is 5.41. The van der Waals surface area contributed by atoms with Crippen molar-refractivity contribution in [1.29, 1.82) is 0 Å². The maximum atomic E-state index is 11.7. The molecule has 0 spiro atoms. The minimum absolute atomic E-state index is 0.288. The lowest BCUT2D eigenvalue weighted by molar-refractivity contribution is 0.0601. The number of hydrogen-bond acceptors (Lipinski definition) is 3. The second-order valence-electron chi connectivity index (χ2n) is 5.41. The predicted octanol–water partition coefficient (Wildman–Crippen LogP) is 3.50. The van der Waals surface area contributed by atoms with Crippen molar-refractivity contribution >= 4 is 16.9 Å². The van der Waals surface area contributed by atoms with Crippen molar-refractivity contribution in [2.75, 3.05) is 7.11 Å². The highest BCUT2D eigenvalue weighted by molar-refractivity contribution is 5.95. The first-order chi connectivity index (χ1) is 9.74. The molecule has 0 unspecified atom stereocenters. The van der Waals surface area contributed by atoms with E-state index in [2.05, 4.69) is 11.6 Å². The largest absolute Gasteiger partial charge is 0.465 e. The quantitative estimate of drug-likeness (QED) is 0.803. The lowest BCUT2D eigenvalue weighted by Gasteiger charge is -2.11. The van der Waals surface area contributed by atoms with E-state index in [1.165, 1.54) is 32.8 Å². The number of ether oxygens (including phenoxy) is 1. The van der Waals surface area contributed by atoms with E-state index in [1.54, 1.807) is 0 Å². The van der Waals surface area contributed by atoms with E-state index in [0.717, 1.165) is 23.0 Å². The van der Waals surface area contributed by atoms with Gasteiger partial charge in [-0.15, -0.1) is 0 Å². The van der Waals surface area contributed by atoms with Crippen molar-refractivity contribution in [2.45, 2.75) is 45.1 Å². The van der Waals surface area contributed by atoms with Gasteiger partial charge in [-0.25, -0.2) is 4.79 Å². The summed E-state index contributed by atoms with van der Waals surface area (Å²) in [4.78, 5) is 11.7. The lowest BCUT2D eigenvalue weighted by Crippen LogP contribution is -2.07. The molecule has 0 aliphatic heterocycles.